The van der Waals surface area contributed by atoms with Gasteiger partial charge in [-0.05, 0) is 26.0 Å². The highest BCUT2D eigenvalue weighted by Crippen LogP contribution is 2.18. The first-order valence-electron chi connectivity index (χ1n) is 6.08. The van der Waals surface area contributed by atoms with Gasteiger partial charge in [0.1, 0.15) is 5.69 Å². The summed E-state index contributed by atoms with van der Waals surface area (Å²) in [5, 5.41) is 8.23. The number of nitrogens with one attached hydrogen (secondary N) is 1. The largest absolute Gasteiger partial charge is 0.349 e. The quantitative estimate of drug-likeness (QED) is 0.944. The number of hydrogen-bond acceptors (Lipinski definition) is 3. The fourth-order valence-corrected chi connectivity index (χ4v) is 2.02. The maximum atomic E-state index is 11.8. The number of rotatable bonds is 4. The first-order valence-corrected chi connectivity index (χ1v) is 6.84. The summed E-state index contributed by atoms with van der Waals surface area (Å²) >= 11 is 11.8. The molecule has 5 nitrogen and oxygen atoms in total. The Hall–Kier alpha value is -1.59. The van der Waals surface area contributed by atoms with E-state index in [1.165, 1.54) is 6.20 Å². The van der Waals surface area contributed by atoms with Crippen LogP contribution in [0.5, 0.6) is 0 Å². The van der Waals surface area contributed by atoms with Crippen molar-refractivity contribution >= 4 is 29.1 Å². The summed E-state index contributed by atoms with van der Waals surface area (Å²) in [6.45, 7) is 4.74. The Morgan fingerprint density at radius 1 is 1.35 bits per heavy atom. The van der Waals surface area contributed by atoms with Gasteiger partial charge < -0.3 is 5.32 Å². The monoisotopic (exact) mass is 312 g/mol. The topological polar surface area (TPSA) is 59.8 Å². The van der Waals surface area contributed by atoms with Crippen molar-refractivity contribution in [2.24, 2.45) is 0 Å². The standard InChI is InChI=1S/C13H14Cl2N4O/c1-8-12(15)9(2)19(18-8)6-5-16-13(20)11-4-3-10(14)7-17-11/h3-4,7H,5-6H2,1-2H3,(H,16,20). The van der Waals surface area contributed by atoms with Crippen molar-refractivity contribution in [3.8, 4) is 0 Å². The third-order valence-corrected chi connectivity index (χ3v) is 3.63. The zero-order valence-electron chi connectivity index (χ0n) is 11.2. The van der Waals surface area contributed by atoms with E-state index < -0.39 is 0 Å². The second-order valence-corrected chi connectivity index (χ2v) is 5.14. The molecule has 0 unspecified atom stereocenters. The average molecular weight is 313 g/mol. The Morgan fingerprint density at radius 2 is 2.10 bits per heavy atom. The van der Waals surface area contributed by atoms with Crippen LogP contribution in [0.1, 0.15) is 21.9 Å². The van der Waals surface area contributed by atoms with Crippen molar-refractivity contribution in [1.82, 2.24) is 20.1 Å². The minimum atomic E-state index is -0.241. The smallest absolute Gasteiger partial charge is 0.269 e. The molecule has 0 aliphatic carbocycles. The number of nitrogens with zero attached hydrogens (tertiary/aromatic N) is 3. The van der Waals surface area contributed by atoms with Crippen LogP contribution in [0.25, 0.3) is 0 Å². The third-order valence-electron chi connectivity index (χ3n) is 2.86. The van der Waals surface area contributed by atoms with E-state index in [4.69, 9.17) is 23.2 Å². The van der Waals surface area contributed by atoms with E-state index in [1.54, 1.807) is 16.8 Å². The third kappa shape index (κ3) is 3.29. The molecular formula is C13H14Cl2N4O. The molecule has 20 heavy (non-hydrogen) atoms. The minimum absolute atomic E-state index is 0.241. The number of carbonyl (C=O) groups is 1. The maximum Gasteiger partial charge on any atom is 0.269 e. The predicted octanol–water partition coefficient (Wildman–Crippen LogP) is 2.63. The van der Waals surface area contributed by atoms with Gasteiger partial charge in [-0.1, -0.05) is 23.2 Å². The summed E-state index contributed by atoms with van der Waals surface area (Å²) in [4.78, 5) is 15.8. The van der Waals surface area contributed by atoms with Crippen molar-refractivity contribution < 1.29 is 4.79 Å². The molecule has 0 bridgehead atoms. The lowest BCUT2D eigenvalue weighted by Crippen LogP contribution is -2.28. The second-order valence-electron chi connectivity index (χ2n) is 4.33. The Morgan fingerprint density at radius 3 is 2.65 bits per heavy atom. The van der Waals surface area contributed by atoms with Crippen molar-refractivity contribution in [3.05, 3.63) is 45.5 Å². The molecule has 7 heteroatoms. The van der Waals surface area contributed by atoms with E-state index in [9.17, 15) is 4.79 Å². The first-order chi connectivity index (χ1) is 9.49. The number of halogens is 2. The van der Waals surface area contributed by atoms with Crippen LogP contribution in [0, 0.1) is 13.8 Å². The van der Waals surface area contributed by atoms with Crippen LogP contribution in [-0.4, -0.2) is 27.2 Å². The Kier molecular flexibility index (Phi) is 4.62. The lowest BCUT2D eigenvalue weighted by atomic mass is 10.3. The van der Waals surface area contributed by atoms with Crippen LogP contribution in [0.3, 0.4) is 0 Å². The average Bonchev–Trinajstić information content (AvgIpc) is 2.67. The number of pyridine rings is 1. The van der Waals surface area contributed by atoms with Crippen LogP contribution in [0.4, 0.5) is 0 Å². The van der Waals surface area contributed by atoms with Gasteiger partial charge in [0.2, 0.25) is 0 Å². The van der Waals surface area contributed by atoms with Crippen molar-refractivity contribution in [2.75, 3.05) is 6.54 Å². The number of aromatic nitrogens is 3. The molecule has 0 aliphatic heterocycles. The summed E-state index contributed by atoms with van der Waals surface area (Å²) in [5.74, 6) is -0.241. The van der Waals surface area contributed by atoms with Crippen LogP contribution < -0.4 is 5.32 Å². The van der Waals surface area contributed by atoms with Crippen molar-refractivity contribution in [1.29, 1.82) is 0 Å². The van der Waals surface area contributed by atoms with Gasteiger partial charge in [0, 0.05) is 12.7 Å². The van der Waals surface area contributed by atoms with Crippen LogP contribution >= 0.6 is 23.2 Å². The Labute approximate surface area is 126 Å². The second kappa shape index (κ2) is 6.24. The van der Waals surface area contributed by atoms with Crippen molar-refractivity contribution in [3.63, 3.8) is 0 Å². The van der Waals surface area contributed by atoms with Crippen LogP contribution in [0.15, 0.2) is 18.3 Å². The van der Waals surface area contributed by atoms with Crippen molar-refractivity contribution in [2.45, 2.75) is 20.4 Å². The van der Waals surface area contributed by atoms with E-state index >= 15 is 0 Å². The highest BCUT2D eigenvalue weighted by Gasteiger charge is 2.10. The van der Waals surface area contributed by atoms with E-state index in [0.717, 1.165) is 11.4 Å². The summed E-state index contributed by atoms with van der Waals surface area (Å²) < 4.78 is 1.77. The zero-order chi connectivity index (χ0) is 14.7. The lowest BCUT2D eigenvalue weighted by Gasteiger charge is -2.06. The molecule has 0 saturated heterocycles. The SMILES string of the molecule is Cc1nn(CCNC(=O)c2ccc(Cl)cn2)c(C)c1Cl. The molecule has 0 radical (unpaired) electrons. The normalized spacial score (nSPS) is 10.6. The molecule has 0 atom stereocenters. The molecule has 2 aromatic heterocycles. The summed E-state index contributed by atoms with van der Waals surface area (Å²) in [6.07, 6.45) is 1.44. The molecule has 106 valence electrons. The summed E-state index contributed by atoms with van der Waals surface area (Å²) in [7, 11) is 0. The van der Waals surface area contributed by atoms with Gasteiger partial charge in [-0.3, -0.25) is 9.48 Å². The van der Waals surface area contributed by atoms with E-state index in [0.29, 0.717) is 28.8 Å². The summed E-state index contributed by atoms with van der Waals surface area (Å²) in [6, 6.07) is 3.21. The van der Waals surface area contributed by atoms with Gasteiger partial charge in [-0.2, -0.15) is 5.10 Å². The molecule has 1 amide bonds. The number of aryl methyl sites for hydroxylation is 1. The van der Waals surface area contributed by atoms with E-state index in [1.807, 2.05) is 13.8 Å². The number of hydrogen-bond donors (Lipinski definition) is 1. The summed E-state index contributed by atoms with van der Waals surface area (Å²) in [5.41, 5.74) is 2.01. The molecule has 0 spiro atoms. The van der Waals surface area contributed by atoms with Crippen LogP contribution in [-0.2, 0) is 6.54 Å². The molecule has 0 aliphatic rings. The lowest BCUT2D eigenvalue weighted by molar-refractivity contribution is 0.0947. The van der Waals surface area contributed by atoms with Gasteiger partial charge in [-0.25, -0.2) is 4.98 Å². The van der Waals surface area contributed by atoms with Crippen LogP contribution in [0.2, 0.25) is 10.0 Å². The van der Waals surface area contributed by atoms with Gasteiger partial charge in [-0.15, -0.1) is 0 Å². The van der Waals surface area contributed by atoms with Gasteiger partial charge in [0.15, 0.2) is 0 Å². The molecular weight excluding hydrogens is 299 g/mol. The predicted molar refractivity (Wildman–Crippen MR) is 78.3 cm³/mol. The van der Waals surface area contributed by atoms with Gasteiger partial charge in [0.05, 0.1) is 28.0 Å². The minimum Gasteiger partial charge on any atom is -0.349 e. The molecule has 2 aromatic rings. The van der Waals surface area contributed by atoms with E-state index in [2.05, 4.69) is 15.4 Å². The highest BCUT2D eigenvalue weighted by molar-refractivity contribution is 6.31. The van der Waals surface area contributed by atoms with E-state index in [-0.39, 0.29) is 5.91 Å². The Balaban J connectivity index is 1.91. The molecule has 0 aromatic carbocycles. The number of carbonyl (C=O) groups excluding carboxylic acids is 1. The fraction of sp³-hybridized carbons (Fsp3) is 0.308. The number of amides is 1. The highest BCUT2D eigenvalue weighted by atomic mass is 35.5. The Bertz CT molecular complexity index is 622. The van der Waals surface area contributed by atoms with Gasteiger partial charge >= 0.3 is 0 Å². The molecule has 2 heterocycles. The first kappa shape index (κ1) is 14.8. The molecule has 1 N–H and O–H groups in total. The molecule has 0 fully saturated rings. The fourth-order valence-electron chi connectivity index (χ4n) is 1.77. The molecule has 0 saturated carbocycles. The zero-order valence-corrected chi connectivity index (χ0v) is 12.7. The van der Waals surface area contributed by atoms with Gasteiger partial charge in [0.25, 0.3) is 5.91 Å². The maximum absolute atomic E-state index is 11.8. The molecule has 2 rings (SSSR count).